The number of piperidine rings is 1. The lowest BCUT2D eigenvalue weighted by atomic mass is 9.98. The van der Waals surface area contributed by atoms with Crippen molar-refractivity contribution < 1.29 is 14.3 Å². The second-order valence-corrected chi connectivity index (χ2v) is 6.34. The summed E-state index contributed by atoms with van der Waals surface area (Å²) >= 11 is 0. The van der Waals surface area contributed by atoms with Gasteiger partial charge in [-0.25, -0.2) is 0 Å². The Hall–Kier alpha value is -2.51. The van der Waals surface area contributed by atoms with E-state index in [2.05, 4.69) is 12.0 Å². The smallest absolute Gasteiger partial charge is 0.260 e. The maximum absolute atomic E-state index is 12.3. The van der Waals surface area contributed by atoms with E-state index in [4.69, 9.17) is 15.9 Å². The number of ether oxygens (including phenoxy) is 2. The van der Waals surface area contributed by atoms with Crippen LogP contribution in [-0.4, -0.2) is 43.7 Å². The molecule has 1 amide bonds. The highest BCUT2D eigenvalue weighted by Gasteiger charge is 2.23. The van der Waals surface area contributed by atoms with Crippen LogP contribution in [0.3, 0.4) is 0 Å². The van der Waals surface area contributed by atoms with Gasteiger partial charge in [-0.1, -0.05) is 36.3 Å². The highest BCUT2D eigenvalue weighted by atomic mass is 16.5. The number of hydrogen-bond acceptors (Lipinski definition) is 3. The number of benzene rings is 2. The standard InChI is InChI=1S/C21H23NO3/c1-2-13-24-15-17-9-11-22(12-10-17)21(23)16-25-20-8-7-18-5-3-4-6-19(18)14-20/h1,3-8,14,17H,9-13,15-16H2. The molecular weight excluding hydrogens is 314 g/mol. The fourth-order valence-electron chi connectivity index (χ4n) is 3.13. The molecule has 0 unspecified atom stereocenters. The van der Waals surface area contributed by atoms with Gasteiger partial charge < -0.3 is 14.4 Å². The molecule has 0 bridgehead atoms. The Kier molecular flexibility index (Phi) is 5.92. The van der Waals surface area contributed by atoms with Crippen molar-refractivity contribution in [3.05, 3.63) is 42.5 Å². The van der Waals surface area contributed by atoms with E-state index in [0.717, 1.165) is 42.5 Å². The van der Waals surface area contributed by atoms with Gasteiger partial charge in [0.1, 0.15) is 12.4 Å². The molecule has 1 saturated heterocycles. The number of nitrogens with zero attached hydrogens (tertiary/aromatic N) is 1. The Labute approximate surface area is 148 Å². The van der Waals surface area contributed by atoms with Crippen LogP contribution in [-0.2, 0) is 9.53 Å². The van der Waals surface area contributed by atoms with E-state index in [1.165, 1.54) is 0 Å². The van der Waals surface area contributed by atoms with Gasteiger partial charge in [-0.05, 0) is 41.7 Å². The summed E-state index contributed by atoms with van der Waals surface area (Å²) in [6.45, 7) is 2.63. The van der Waals surface area contributed by atoms with Crippen LogP contribution >= 0.6 is 0 Å². The summed E-state index contributed by atoms with van der Waals surface area (Å²) in [4.78, 5) is 14.2. The van der Waals surface area contributed by atoms with Crippen molar-refractivity contribution in [3.63, 3.8) is 0 Å². The summed E-state index contributed by atoms with van der Waals surface area (Å²) < 4.78 is 11.1. The predicted molar refractivity (Wildman–Crippen MR) is 98.4 cm³/mol. The molecule has 2 aromatic rings. The minimum absolute atomic E-state index is 0.0381. The van der Waals surface area contributed by atoms with E-state index < -0.39 is 0 Å². The molecule has 0 spiro atoms. The summed E-state index contributed by atoms with van der Waals surface area (Å²) in [7, 11) is 0. The van der Waals surface area contributed by atoms with Crippen LogP contribution < -0.4 is 4.74 Å². The number of rotatable bonds is 6. The largest absolute Gasteiger partial charge is 0.484 e. The highest BCUT2D eigenvalue weighted by molar-refractivity contribution is 5.84. The van der Waals surface area contributed by atoms with Crippen LogP contribution in [0.25, 0.3) is 10.8 Å². The first-order valence-electron chi connectivity index (χ1n) is 8.67. The van der Waals surface area contributed by atoms with E-state index in [1.807, 2.05) is 41.3 Å². The molecule has 1 aliphatic rings. The van der Waals surface area contributed by atoms with Crippen molar-refractivity contribution in [2.24, 2.45) is 5.92 Å². The fraction of sp³-hybridized carbons (Fsp3) is 0.381. The zero-order valence-corrected chi connectivity index (χ0v) is 14.3. The van der Waals surface area contributed by atoms with Gasteiger partial charge in [-0.3, -0.25) is 4.79 Å². The number of hydrogen-bond donors (Lipinski definition) is 0. The van der Waals surface area contributed by atoms with Gasteiger partial charge >= 0.3 is 0 Å². The second kappa shape index (κ2) is 8.55. The Balaban J connectivity index is 1.45. The zero-order chi connectivity index (χ0) is 17.5. The molecule has 0 saturated carbocycles. The highest BCUT2D eigenvalue weighted by Crippen LogP contribution is 2.21. The molecule has 0 aliphatic carbocycles. The number of likely N-dealkylation sites (tertiary alicyclic amines) is 1. The van der Waals surface area contributed by atoms with Gasteiger partial charge in [-0.2, -0.15) is 0 Å². The fourth-order valence-corrected chi connectivity index (χ4v) is 3.13. The van der Waals surface area contributed by atoms with E-state index >= 15 is 0 Å². The molecule has 3 rings (SSSR count). The lowest BCUT2D eigenvalue weighted by Crippen LogP contribution is -2.41. The quantitative estimate of drug-likeness (QED) is 0.600. The minimum atomic E-state index is 0.0381. The van der Waals surface area contributed by atoms with Crippen LogP contribution in [0.1, 0.15) is 12.8 Å². The molecule has 0 atom stereocenters. The third-order valence-electron chi connectivity index (χ3n) is 4.59. The van der Waals surface area contributed by atoms with E-state index in [9.17, 15) is 4.79 Å². The van der Waals surface area contributed by atoms with Gasteiger partial charge in [0, 0.05) is 13.1 Å². The van der Waals surface area contributed by atoms with Crippen molar-refractivity contribution in [1.29, 1.82) is 0 Å². The number of fused-ring (bicyclic) bond motifs is 1. The van der Waals surface area contributed by atoms with Crippen LogP contribution in [0.2, 0.25) is 0 Å². The molecule has 130 valence electrons. The molecule has 2 aromatic carbocycles. The van der Waals surface area contributed by atoms with Crippen LogP contribution in [0.5, 0.6) is 5.75 Å². The van der Waals surface area contributed by atoms with Crippen molar-refractivity contribution in [3.8, 4) is 18.1 Å². The van der Waals surface area contributed by atoms with E-state index in [0.29, 0.717) is 19.1 Å². The monoisotopic (exact) mass is 337 g/mol. The van der Waals surface area contributed by atoms with Crippen molar-refractivity contribution in [2.45, 2.75) is 12.8 Å². The van der Waals surface area contributed by atoms with Crippen molar-refractivity contribution in [1.82, 2.24) is 4.90 Å². The van der Waals surface area contributed by atoms with E-state index in [-0.39, 0.29) is 12.5 Å². The molecule has 4 nitrogen and oxygen atoms in total. The summed E-state index contributed by atoms with van der Waals surface area (Å²) in [5, 5.41) is 2.27. The lowest BCUT2D eigenvalue weighted by molar-refractivity contribution is -0.135. The van der Waals surface area contributed by atoms with Gasteiger partial charge in [0.15, 0.2) is 6.61 Å². The molecule has 0 N–H and O–H groups in total. The molecule has 25 heavy (non-hydrogen) atoms. The molecule has 1 aliphatic heterocycles. The van der Waals surface area contributed by atoms with Crippen LogP contribution in [0.4, 0.5) is 0 Å². The predicted octanol–water partition coefficient (Wildman–Crippen LogP) is 3.11. The lowest BCUT2D eigenvalue weighted by Gasteiger charge is -2.31. The maximum atomic E-state index is 12.3. The Morgan fingerprint density at radius 1 is 1.16 bits per heavy atom. The average molecular weight is 337 g/mol. The third-order valence-corrected chi connectivity index (χ3v) is 4.59. The summed E-state index contributed by atoms with van der Waals surface area (Å²) in [5.41, 5.74) is 0. The molecule has 1 heterocycles. The molecule has 4 heteroatoms. The molecule has 0 aromatic heterocycles. The van der Waals surface area contributed by atoms with Crippen LogP contribution in [0.15, 0.2) is 42.5 Å². The second-order valence-electron chi connectivity index (χ2n) is 6.34. The average Bonchev–Trinajstić information content (AvgIpc) is 2.66. The first kappa shape index (κ1) is 17.3. The van der Waals surface area contributed by atoms with Gasteiger partial charge in [0.2, 0.25) is 0 Å². The first-order chi connectivity index (χ1) is 12.3. The van der Waals surface area contributed by atoms with Crippen LogP contribution in [0, 0.1) is 18.3 Å². The first-order valence-corrected chi connectivity index (χ1v) is 8.67. The number of terminal acetylenes is 1. The molecular formula is C21H23NO3. The zero-order valence-electron chi connectivity index (χ0n) is 14.3. The minimum Gasteiger partial charge on any atom is -0.484 e. The third kappa shape index (κ3) is 4.74. The molecule has 1 fully saturated rings. The number of carbonyl (C=O) groups excluding carboxylic acids is 1. The Morgan fingerprint density at radius 2 is 1.92 bits per heavy atom. The maximum Gasteiger partial charge on any atom is 0.260 e. The van der Waals surface area contributed by atoms with Crippen molar-refractivity contribution in [2.75, 3.05) is 32.9 Å². The Bertz CT molecular complexity index is 757. The number of carbonyl (C=O) groups is 1. The van der Waals surface area contributed by atoms with Gasteiger partial charge in [-0.15, -0.1) is 6.42 Å². The van der Waals surface area contributed by atoms with Gasteiger partial charge in [0.25, 0.3) is 5.91 Å². The topological polar surface area (TPSA) is 38.8 Å². The SMILES string of the molecule is C#CCOCC1CCN(C(=O)COc2ccc3ccccc3c2)CC1. The van der Waals surface area contributed by atoms with Gasteiger partial charge in [0.05, 0.1) is 6.61 Å². The normalized spacial score (nSPS) is 15.1. The summed E-state index contributed by atoms with van der Waals surface area (Å²) in [6.07, 6.45) is 7.08. The Morgan fingerprint density at radius 3 is 2.68 bits per heavy atom. The molecule has 0 radical (unpaired) electrons. The summed E-state index contributed by atoms with van der Waals surface area (Å²) in [5.74, 6) is 3.72. The van der Waals surface area contributed by atoms with Crippen molar-refractivity contribution >= 4 is 16.7 Å². The number of amides is 1. The van der Waals surface area contributed by atoms with E-state index in [1.54, 1.807) is 0 Å². The summed E-state index contributed by atoms with van der Waals surface area (Å²) in [6, 6.07) is 14.0.